The lowest BCUT2D eigenvalue weighted by Crippen LogP contribution is -2.30. The summed E-state index contributed by atoms with van der Waals surface area (Å²) >= 11 is 1.01. The largest absolute Gasteiger partial charge is 0.465 e. The first-order valence-electron chi connectivity index (χ1n) is 8.09. The van der Waals surface area contributed by atoms with Crippen LogP contribution in [0, 0.1) is 5.82 Å². The summed E-state index contributed by atoms with van der Waals surface area (Å²) in [5, 5.41) is 0.672. The highest BCUT2D eigenvalue weighted by Crippen LogP contribution is 2.45. The second-order valence-electron chi connectivity index (χ2n) is 5.95. The first kappa shape index (κ1) is 17.2. The second-order valence-corrected chi connectivity index (χ2v) is 6.97. The minimum atomic E-state index is -1.02. The monoisotopic (exact) mass is 383 g/mol. The van der Waals surface area contributed by atoms with E-state index in [2.05, 4.69) is 0 Å². The van der Waals surface area contributed by atoms with Crippen molar-refractivity contribution in [3.8, 4) is 5.75 Å². The van der Waals surface area contributed by atoms with Crippen molar-refractivity contribution in [3.05, 3.63) is 86.5 Å². The van der Waals surface area contributed by atoms with Gasteiger partial charge in [-0.3, -0.25) is 4.79 Å². The number of benzene rings is 2. The van der Waals surface area contributed by atoms with Gasteiger partial charge in [0.05, 0.1) is 18.6 Å². The molecule has 0 aliphatic carbocycles. The Balaban J connectivity index is 2.11. The van der Waals surface area contributed by atoms with Crippen LogP contribution in [0.4, 0.5) is 4.39 Å². The molecule has 1 atom stereocenters. The van der Waals surface area contributed by atoms with Gasteiger partial charge in [-0.25, -0.2) is 9.18 Å². The van der Waals surface area contributed by atoms with E-state index in [1.807, 2.05) is 0 Å². The van der Waals surface area contributed by atoms with E-state index >= 15 is 0 Å². The molecule has 1 unspecified atom stereocenters. The number of halogens is 1. The van der Waals surface area contributed by atoms with Gasteiger partial charge in [-0.1, -0.05) is 41.7 Å². The zero-order chi connectivity index (χ0) is 19.1. The fraction of sp³-hybridized carbons (Fsp3) is 0.100. The highest BCUT2D eigenvalue weighted by atomic mass is 32.1. The predicted octanol–water partition coefficient (Wildman–Crippen LogP) is 3.27. The highest BCUT2D eigenvalue weighted by molar-refractivity contribution is 7.16. The van der Waals surface area contributed by atoms with E-state index in [-0.39, 0.29) is 33.1 Å². The fourth-order valence-electron chi connectivity index (χ4n) is 3.29. The van der Waals surface area contributed by atoms with E-state index in [0.29, 0.717) is 10.1 Å². The molecule has 2 aromatic carbocycles. The van der Waals surface area contributed by atoms with Gasteiger partial charge in [0.15, 0.2) is 0 Å². The summed E-state index contributed by atoms with van der Waals surface area (Å²) in [6, 6.07) is 13.1. The van der Waals surface area contributed by atoms with Crippen LogP contribution < -0.4 is 15.2 Å². The normalized spacial score (nSPS) is 16.0. The van der Waals surface area contributed by atoms with Gasteiger partial charge >= 0.3 is 5.97 Å². The zero-order valence-electron chi connectivity index (χ0n) is 14.2. The maximum Gasteiger partial charge on any atom is 0.340 e. The number of ether oxygens (including phenoxy) is 2. The molecular weight excluding hydrogens is 369 g/mol. The van der Waals surface area contributed by atoms with Crippen molar-refractivity contribution in [3.63, 3.8) is 0 Å². The lowest BCUT2D eigenvalue weighted by atomic mass is 9.83. The van der Waals surface area contributed by atoms with Crippen LogP contribution in [0.25, 0.3) is 10.1 Å². The van der Waals surface area contributed by atoms with Gasteiger partial charge in [0.25, 0.3) is 0 Å². The third-order valence-electron chi connectivity index (χ3n) is 4.48. The number of carbonyl (C=O) groups excluding carboxylic acids is 1. The van der Waals surface area contributed by atoms with Gasteiger partial charge in [-0.15, -0.1) is 0 Å². The number of fused-ring (bicyclic) bond motifs is 3. The predicted molar refractivity (Wildman–Crippen MR) is 100 cm³/mol. The molecule has 0 bridgehead atoms. The number of hydrogen-bond acceptors (Lipinski definition) is 6. The molecule has 0 radical (unpaired) electrons. The SMILES string of the molecule is COC(=O)C1=C(N)Oc2c(c(=O)sc3ccccc23)C1c1ccccc1F. The van der Waals surface area contributed by atoms with E-state index in [4.69, 9.17) is 15.2 Å². The lowest BCUT2D eigenvalue weighted by Gasteiger charge is -2.28. The molecule has 0 saturated carbocycles. The van der Waals surface area contributed by atoms with Gasteiger partial charge in [-0.05, 0) is 18.2 Å². The average Bonchev–Trinajstić information content (AvgIpc) is 2.67. The maximum atomic E-state index is 14.6. The summed E-state index contributed by atoms with van der Waals surface area (Å²) in [5.74, 6) is -2.31. The molecular formula is C20H14FNO4S. The molecule has 1 aromatic heterocycles. The quantitative estimate of drug-likeness (QED) is 0.687. The third-order valence-corrected chi connectivity index (χ3v) is 5.46. The van der Waals surface area contributed by atoms with Crippen LogP contribution in [0.1, 0.15) is 17.0 Å². The Labute approximate surface area is 157 Å². The molecule has 4 rings (SSSR count). The van der Waals surface area contributed by atoms with Crippen molar-refractivity contribution in [1.29, 1.82) is 0 Å². The Bertz CT molecular complexity index is 1170. The van der Waals surface area contributed by atoms with Crippen LogP contribution in [0.5, 0.6) is 5.75 Å². The van der Waals surface area contributed by atoms with Crippen molar-refractivity contribution in [2.45, 2.75) is 5.92 Å². The van der Waals surface area contributed by atoms with Crippen molar-refractivity contribution >= 4 is 27.4 Å². The number of nitrogens with two attached hydrogens (primary N) is 1. The first-order chi connectivity index (χ1) is 13.0. The van der Waals surface area contributed by atoms with Gasteiger partial charge in [0.1, 0.15) is 17.1 Å². The van der Waals surface area contributed by atoms with Crippen molar-refractivity contribution in [2.75, 3.05) is 7.11 Å². The summed E-state index contributed by atoms with van der Waals surface area (Å²) in [7, 11) is 1.19. The van der Waals surface area contributed by atoms with Crippen LogP contribution in [0.3, 0.4) is 0 Å². The number of hydrogen-bond donors (Lipinski definition) is 1. The molecule has 0 spiro atoms. The smallest absolute Gasteiger partial charge is 0.340 e. The Morgan fingerprint density at radius 3 is 2.63 bits per heavy atom. The summed E-state index contributed by atoms with van der Waals surface area (Å²) in [6.45, 7) is 0. The van der Waals surface area contributed by atoms with Crippen LogP contribution in [-0.4, -0.2) is 13.1 Å². The molecule has 27 heavy (non-hydrogen) atoms. The molecule has 3 aromatic rings. The molecule has 2 heterocycles. The number of methoxy groups -OCH3 is 1. The summed E-state index contributed by atoms with van der Waals surface area (Å²) in [5.41, 5.74) is 6.27. The maximum absolute atomic E-state index is 14.6. The Kier molecular flexibility index (Phi) is 4.16. The van der Waals surface area contributed by atoms with Crippen LogP contribution in [0.2, 0.25) is 0 Å². The van der Waals surface area contributed by atoms with Gasteiger partial charge < -0.3 is 15.2 Å². The summed E-state index contributed by atoms with van der Waals surface area (Å²) in [6.07, 6.45) is 0. The number of esters is 1. The van der Waals surface area contributed by atoms with Gasteiger partial charge in [0, 0.05) is 15.6 Å². The molecule has 136 valence electrons. The summed E-state index contributed by atoms with van der Waals surface area (Å²) in [4.78, 5) is 25.3. The number of rotatable bonds is 2. The highest BCUT2D eigenvalue weighted by Gasteiger charge is 2.39. The van der Waals surface area contributed by atoms with Crippen LogP contribution >= 0.6 is 11.3 Å². The molecule has 2 N–H and O–H groups in total. The van der Waals surface area contributed by atoms with Crippen molar-refractivity contribution in [2.24, 2.45) is 5.73 Å². The molecule has 1 aliphatic heterocycles. The topological polar surface area (TPSA) is 78.6 Å². The van der Waals surface area contributed by atoms with Gasteiger partial charge in [0.2, 0.25) is 10.6 Å². The van der Waals surface area contributed by atoms with E-state index in [9.17, 15) is 14.0 Å². The lowest BCUT2D eigenvalue weighted by molar-refractivity contribution is -0.136. The molecule has 0 amide bonds. The van der Waals surface area contributed by atoms with E-state index in [0.717, 1.165) is 11.3 Å². The molecule has 5 nitrogen and oxygen atoms in total. The minimum absolute atomic E-state index is 0.0883. The molecule has 0 fully saturated rings. The van der Waals surface area contributed by atoms with Crippen molar-refractivity contribution < 1.29 is 18.7 Å². The summed E-state index contributed by atoms with van der Waals surface area (Å²) < 4.78 is 25.5. The third kappa shape index (κ3) is 2.67. The standard InChI is InChI=1S/C20H14FNO4S/c1-25-19(23)16-14(10-6-2-4-8-12(10)21)15-17(26-18(16)22)11-7-3-5-9-13(11)27-20(15)24/h2-9,14H,22H2,1H3. The fourth-order valence-corrected chi connectivity index (χ4v) is 4.23. The van der Waals surface area contributed by atoms with Gasteiger partial charge in [-0.2, -0.15) is 0 Å². The molecule has 0 saturated heterocycles. The van der Waals surface area contributed by atoms with E-state index in [1.165, 1.54) is 25.3 Å². The average molecular weight is 383 g/mol. The van der Waals surface area contributed by atoms with Crippen LogP contribution in [0.15, 0.2) is 64.8 Å². The number of carbonyl (C=O) groups is 1. The molecule has 7 heteroatoms. The van der Waals surface area contributed by atoms with E-state index < -0.39 is 17.7 Å². The van der Waals surface area contributed by atoms with E-state index in [1.54, 1.807) is 30.3 Å². The Hall–Kier alpha value is -3.19. The zero-order valence-corrected chi connectivity index (χ0v) is 15.0. The molecule has 1 aliphatic rings. The second kappa shape index (κ2) is 6.51. The minimum Gasteiger partial charge on any atom is -0.465 e. The Morgan fingerprint density at radius 2 is 1.89 bits per heavy atom. The first-order valence-corrected chi connectivity index (χ1v) is 8.90. The Morgan fingerprint density at radius 1 is 1.19 bits per heavy atom. The van der Waals surface area contributed by atoms with Crippen LogP contribution in [-0.2, 0) is 9.53 Å². The van der Waals surface area contributed by atoms with Crippen molar-refractivity contribution in [1.82, 2.24) is 0 Å².